The van der Waals surface area contributed by atoms with Crippen LogP contribution in [-0.2, 0) is 25.3 Å². The molecule has 2 aliphatic rings. The van der Waals surface area contributed by atoms with E-state index in [0.29, 0.717) is 24.4 Å². The molecule has 2 saturated heterocycles. The Morgan fingerprint density at radius 1 is 0.636 bits per heavy atom. The van der Waals surface area contributed by atoms with Gasteiger partial charge in [0.05, 0.1) is 11.1 Å². The first kappa shape index (κ1) is 32.1. The van der Waals surface area contributed by atoms with Crippen LogP contribution in [-0.4, -0.2) is 44.2 Å². The molecule has 0 amide bonds. The normalized spacial score (nSPS) is 18.8. The summed E-state index contributed by atoms with van der Waals surface area (Å²) in [6, 6.07) is 13.4. The van der Waals surface area contributed by atoms with Crippen LogP contribution in [0, 0.1) is 5.92 Å². The van der Waals surface area contributed by atoms with Crippen molar-refractivity contribution in [1.29, 1.82) is 0 Å². The summed E-state index contributed by atoms with van der Waals surface area (Å²) < 4.78 is 94.3. The number of benzene rings is 3. The molecular formula is C33H37F6N3O2. The average Bonchev–Trinajstić information content (AvgIpc) is 2.95. The second-order valence-corrected chi connectivity index (χ2v) is 11.5. The van der Waals surface area contributed by atoms with Gasteiger partial charge in [0.15, 0.2) is 0 Å². The Balaban J connectivity index is 1.32. The summed E-state index contributed by atoms with van der Waals surface area (Å²) in [4.78, 5) is 2.15. The van der Waals surface area contributed by atoms with Gasteiger partial charge in [-0.05, 0) is 97.9 Å². The van der Waals surface area contributed by atoms with Gasteiger partial charge in [-0.2, -0.15) is 26.3 Å². The zero-order valence-corrected chi connectivity index (χ0v) is 24.4. The van der Waals surface area contributed by atoms with E-state index in [4.69, 9.17) is 9.47 Å². The van der Waals surface area contributed by atoms with Gasteiger partial charge in [0.1, 0.15) is 23.0 Å². The van der Waals surface area contributed by atoms with Gasteiger partial charge < -0.3 is 20.1 Å². The predicted molar refractivity (Wildman–Crippen MR) is 156 cm³/mol. The van der Waals surface area contributed by atoms with E-state index in [-0.39, 0.29) is 23.0 Å². The Labute approximate surface area is 253 Å². The van der Waals surface area contributed by atoms with Gasteiger partial charge in [0.25, 0.3) is 0 Å². The van der Waals surface area contributed by atoms with Gasteiger partial charge in [-0.15, -0.1) is 0 Å². The van der Waals surface area contributed by atoms with E-state index in [2.05, 4.69) is 15.5 Å². The number of rotatable bonds is 8. The Morgan fingerprint density at radius 3 is 1.77 bits per heavy atom. The third kappa shape index (κ3) is 8.89. The summed E-state index contributed by atoms with van der Waals surface area (Å²) in [5, 5.41) is 6.63. The first-order valence-corrected chi connectivity index (χ1v) is 15.0. The van der Waals surface area contributed by atoms with Crippen molar-refractivity contribution in [3.8, 4) is 23.0 Å². The van der Waals surface area contributed by atoms with Gasteiger partial charge >= 0.3 is 12.4 Å². The molecule has 11 heteroatoms. The van der Waals surface area contributed by atoms with Crippen molar-refractivity contribution >= 4 is 0 Å². The van der Waals surface area contributed by atoms with Crippen molar-refractivity contribution in [2.75, 3.05) is 39.3 Å². The number of halogens is 6. The van der Waals surface area contributed by atoms with Crippen molar-refractivity contribution in [2.45, 2.75) is 51.0 Å². The Bertz CT molecular complexity index is 1360. The minimum absolute atomic E-state index is 0.102. The zero-order chi connectivity index (χ0) is 31.2. The lowest BCUT2D eigenvalue weighted by Crippen LogP contribution is -2.42. The molecule has 2 N–H and O–H groups in total. The molecular weight excluding hydrogens is 584 g/mol. The summed E-state index contributed by atoms with van der Waals surface area (Å²) in [5.41, 5.74) is -0.352. The lowest BCUT2D eigenvalue weighted by molar-refractivity contribution is -0.139. The average molecular weight is 622 g/mol. The quantitative estimate of drug-likeness (QED) is 0.250. The lowest BCUT2D eigenvalue weighted by Gasteiger charge is -2.27. The fraction of sp³-hybridized carbons (Fsp3) is 0.455. The minimum atomic E-state index is -4.63. The van der Waals surface area contributed by atoms with Crippen LogP contribution in [0.15, 0.2) is 60.7 Å². The number of piperazine rings is 1. The lowest BCUT2D eigenvalue weighted by atomic mass is 9.90. The highest BCUT2D eigenvalue weighted by Gasteiger charge is 2.36. The number of hydrogen-bond acceptors (Lipinski definition) is 5. The topological polar surface area (TPSA) is 45.8 Å². The monoisotopic (exact) mass is 621 g/mol. The molecule has 1 unspecified atom stereocenters. The van der Waals surface area contributed by atoms with E-state index in [1.165, 1.54) is 48.5 Å². The molecule has 0 radical (unpaired) electrons. The second kappa shape index (κ2) is 14.2. The number of nitrogens with zero attached hydrogens (tertiary/aromatic N) is 1. The Morgan fingerprint density at radius 2 is 1.18 bits per heavy atom. The smallest absolute Gasteiger partial charge is 0.419 e. The third-order valence-electron chi connectivity index (χ3n) is 8.07. The molecule has 5 nitrogen and oxygen atoms in total. The van der Waals surface area contributed by atoms with Crippen LogP contribution in [0.3, 0.4) is 0 Å². The van der Waals surface area contributed by atoms with Crippen LogP contribution < -0.4 is 20.1 Å². The highest BCUT2D eigenvalue weighted by Crippen LogP contribution is 2.41. The summed E-state index contributed by atoms with van der Waals surface area (Å²) in [7, 11) is 0. The predicted octanol–water partition coefficient (Wildman–Crippen LogP) is 8.04. The number of ether oxygens (including phenoxy) is 2. The maximum atomic E-state index is 13.9. The largest absolute Gasteiger partial charge is 0.457 e. The molecule has 2 heterocycles. The standard InChI is InChI=1S/C33H37F6N3O2/c34-32(35,36)28-10-4-24(19-23-3-1-2-13-40-14-12-23)20-30(28)43-26-6-8-27(9-7-26)44-31-21-25(5-11-29(31)33(37,38)39)22-42-17-15-41-16-18-42/h4-11,20-21,23,40-41H,1-3,12-19,22H2. The first-order chi connectivity index (χ1) is 21.0. The fourth-order valence-electron chi connectivity index (χ4n) is 5.75. The number of alkyl halides is 6. The van der Waals surface area contributed by atoms with Crippen LogP contribution >= 0.6 is 0 Å². The molecule has 3 aromatic carbocycles. The van der Waals surface area contributed by atoms with Crippen LogP contribution in [0.25, 0.3) is 0 Å². The molecule has 44 heavy (non-hydrogen) atoms. The number of nitrogens with one attached hydrogen (secondary N) is 2. The van der Waals surface area contributed by atoms with E-state index in [9.17, 15) is 26.3 Å². The van der Waals surface area contributed by atoms with Gasteiger partial charge in [0.2, 0.25) is 0 Å². The maximum Gasteiger partial charge on any atom is 0.419 e. The van der Waals surface area contributed by atoms with E-state index in [1.54, 1.807) is 0 Å². The molecule has 0 saturated carbocycles. The SMILES string of the molecule is FC(F)(F)c1ccc(CC2CCCCNCC2)cc1Oc1ccc(Oc2cc(CN3CCNCC3)ccc2C(F)(F)F)cc1. The van der Waals surface area contributed by atoms with Crippen molar-refractivity contribution in [3.63, 3.8) is 0 Å². The zero-order valence-electron chi connectivity index (χ0n) is 24.4. The fourth-order valence-corrected chi connectivity index (χ4v) is 5.75. The summed E-state index contributed by atoms with van der Waals surface area (Å²) in [6.45, 7) is 5.55. The molecule has 2 fully saturated rings. The van der Waals surface area contributed by atoms with Crippen LogP contribution in [0.1, 0.15) is 47.9 Å². The molecule has 2 aliphatic heterocycles. The van der Waals surface area contributed by atoms with Crippen molar-refractivity contribution in [2.24, 2.45) is 5.92 Å². The Kier molecular flexibility index (Phi) is 10.4. The van der Waals surface area contributed by atoms with Gasteiger partial charge in [0, 0.05) is 32.7 Å². The van der Waals surface area contributed by atoms with Crippen LogP contribution in [0.4, 0.5) is 26.3 Å². The minimum Gasteiger partial charge on any atom is -0.457 e. The first-order valence-electron chi connectivity index (χ1n) is 15.0. The third-order valence-corrected chi connectivity index (χ3v) is 8.07. The maximum absolute atomic E-state index is 13.9. The van der Waals surface area contributed by atoms with Crippen LogP contribution in [0.5, 0.6) is 23.0 Å². The molecule has 3 aromatic rings. The highest BCUT2D eigenvalue weighted by atomic mass is 19.4. The van der Waals surface area contributed by atoms with Gasteiger partial charge in [-0.1, -0.05) is 25.0 Å². The van der Waals surface area contributed by atoms with E-state index < -0.39 is 23.5 Å². The summed E-state index contributed by atoms with van der Waals surface area (Å²) >= 11 is 0. The van der Waals surface area contributed by atoms with E-state index >= 15 is 0 Å². The summed E-state index contributed by atoms with van der Waals surface area (Å²) in [6.07, 6.45) is -4.47. The van der Waals surface area contributed by atoms with Crippen molar-refractivity contribution in [1.82, 2.24) is 15.5 Å². The van der Waals surface area contributed by atoms with Crippen molar-refractivity contribution < 1.29 is 35.8 Å². The molecule has 0 bridgehead atoms. The van der Waals surface area contributed by atoms with E-state index in [1.807, 2.05) is 0 Å². The van der Waals surface area contributed by atoms with Gasteiger partial charge in [-0.25, -0.2) is 0 Å². The van der Waals surface area contributed by atoms with Gasteiger partial charge in [-0.3, -0.25) is 4.90 Å². The molecule has 5 rings (SSSR count). The molecule has 1 atom stereocenters. The van der Waals surface area contributed by atoms with E-state index in [0.717, 1.165) is 82.6 Å². The Hall–Kier alpha value is -3.28. The van der Waals surface area contributed by atoms with Crippen LogP contribution in [0.2, 0.25) is 0 Å². The molecule has 0 aromatic heterocycles. The van der Waals surface area contributed by atoms with Crippen molar-refractivity contribution in [3.05, 3.63) is 82.9 Å². The highest BCUT2D eigenvalue weighted by molar-refractivity contribution is 5.46. The molecule has 0 spiro atoms. The summed E-state index contributed by atoms with van der Waals surface area (Å²) in [5.74, 6) is -0.0767. The number of hydrogen-bond donors (Lipinski definition) is 2. The molecule has 238 valence electrons. The second-order valence-electron chi connectivity index (χ2n) is 11.5. The molecule has 0 aliphatic carbocycles.